The number of carbonyl (C=O) groups excluding carboxylic acids is 1. The summed E-state index contributed by atoms with van der Waals surface area (Å²) in [5.41, 5.74) is 0.572. The van der Waals surface area contributed by atoms with Gasteiger partial charge in [-0.1, -0.05) is 30.3 Å². The van der Waals surface area contributed by atoms with Crippen LogP contribution in [-0.2, 0) is 0 Å². The number of nitrogens with one attached hydrogen (secondary N) is 1. The molecule has 2 aromatic heterocycles. The van der Waals surface area contributed by atoms with E-state index in [2.05, 4.69) is 20.4 Å². The molecule has 0 aliphatic heterocycles. The Kier molecular flexibility index (Phi) is 3.91. The molecule has 0 spiro atoms. The number of benzene rings is 2. The van der Waals surface area contributed by atoms with E-state index in [1.807, 2.05) is 36.4 Å². The van der Waals surface area contributed by atoms with Crippen LogP contribution in [0.15, 0.2) is 67.1 Å². The van der Waals surface area contributed by atoms with Crippen LogP contribution in [0.25, 0.3) is 16.7 Å². The zero-order valence-corrected chi connectivity index (χ0v) is 13.4. The fourth-order valence-corrected chi connectivity index (χ4v) is 2.43. The molecule has 0 saturated heterocycles. The lowest BCUT2D eigenvalue weighted by Crippen LogP contribution is -2.17. The molecule has 128 valence electrons. The highest BCUT2D eigenvalue weighted by Crippen LogP contribution is 2.24. The molecule has 0 bridgehead atoms. The number of rotatable bonds is 3. The lowest BCUT2D eigenvalue weighted by molar-refractivity contribution is 0.212. The van der Waals surface area contributed by atoms with Gasteiger partial charge in [0, 0.05) is 18.1 Å². The molecule has 4 aromatic rings. The molecule has 0 saturated carbocycles. The fraction of sp³-hybridized carbons (Fsp3) is 0. The normalized spacial score (nSPS) is 10.6. The zero-order valence-electron chi connectivity index (χ0n) is 13.4. The molecule has 0 fully saturated rings. The van der Waals surface area contributed by atoms with Gasteiger partial charge in [-0.05, 0) is 29.0 Å². The van der Waals surface area contributed by atoms with E-state index in [0.717, 1.165) is 10.8 Å². The molecule has 0 aliphatic carbocycles. The summed E-state index contributed by atoms with van der Waals surface area (Å²) >= 11 is 0. The van der Waals surface area contributed by atoms with E-state index in [0.29, 0.717) is 5.69 Å². The van der Waals surface area contributed by atoms with Gasteiger partial charge in [-0.2, -0.15) is 10.1 Å². The number of anilines is 1. The van der Waals surface area contributed by atoms with E-state index in [4.69, 9.17) is 4.74 Å². The van der Waals surface area contributed by atoms with Crippen molar-refractivity contribution in [2.75, 3.05) is 5.32 Å². The monoisotopic (exact) mass is 347 g/mol. The summed E-state index contributed by atoms with van der Waals surface area (Å²) in [6.45, 7) is 0. The first-order valence-corrected chi connectivity index (χ1v) is 7.73. The predicted molar refractivity (Wildman–Crippen MR) is 94.4 cm³/mol. The summed E-state index contributed by atoms with van der Waals surface area (Å²) in [5.74, 6) is -0.451. The van der Waals surface area contributed by atoms with Crippen molar-refractivity contribution in [3.63, 3.8) is 0 Å². The van der Waals surface area contributed by atoms with Crippen molar-refractivity contribution in [1.82, 2.24) is 19.7 Å². The fourth-order valence-electron chi connectivity index (χ4n) is 2.43. The molecule has 0 aliphatic rings. The largest absolute Gasteiger partial charge is 0.491 e. The molecule has 2 N–H and O–H groups in total. The number of hydrogen-bond donors (Lipinski definition) is 2. The highest BCUT2D eigenvalue weighted by Gasteiger charge is 2.13. The second kappa shape index (κ2) is 6.52. The van der Waals surface area contributed by atoms with Gasteiger partial charge in [0.05, 0.1) is 6.20 Å². The minimum absolute atomic E-state index is 0.154. The van der Waals surface area contributed by atoms with Crippen molar-refractivity contribution in [3.8, 4) is 17.6 Å². The number of ether oxygens (including phenoxy) is 1. The molecular formula is C18H13N5O3. The van der Waals surface area contributed by atoms with Crippen LogP contribution >= 0.6 is 0 Å². The Morgan fingerprint density at radius 1 is 1.12 bits per heavy atom. The topological polar surface area (TPSA) is 102 Å². The Morgan fingerprint density at radius 2 is 1.96 bits per heavy atom. The second-order valence-electron chi connectivity index (χ2n) is 5.38. The molecule has 0 unspecified atom stereocenters. The first-order valence-electron chi connectivity index (χ1n) is 7.73. The van der Waals surface area contributed by atoms with Crippen LogP contribution < -0.4 is 10.1 Å². The van der Waals surface area contributed by atoms with Gasteiger partial charge in [-0.3, -0.25) is 5.32 Å². The number of amides is 1. The van der Waals surface area contributed by atoms with Crippen LogP contribution in [0.2, 0.25) is 0 Å². The number of carbonyl (C=O) groups is 1. The Labute approximate surface area is 147 Å². The van der Waals surface area contributed by atoms with Gasteiger partial charge in [-0.25, -0.2) is 14.5 Å². The summed E-state index contributed by atoms with van der Waals surface area (Å²) in [6, 6.07) is 15.0. The Morgan fingerprint density at radius 3 is 2.73 bits per heavy atom. The minimum atomic E-state index is -0.758. The van der Waals surface area contributed by atoms with E-state index in [1.54, 1.807) is 24.5 Å². The van der Waals surface area contributed by atoms with Crippen LogP contribution in [0.4, 0.5) is 10.5 Å². The summed E-state index contributed by atoms with van der Waals surface area (Å²) < 4.78 is 6.45. The molecule has 8 heteroatoms. The highest BCUT2D eigenvalue weighted by atomic mass is 16.6. The lowest BCUT2D eigenvalue weighted by atomic mass is 10.1. The van der Waals surface area contributed by atoms with E-state index in [1.165, 1.54) is 10.9 Å². The molecule has 26 heavy (non-hydrogen) atoms. The average Bonchev–Trinajstić information content (AvgIpc) is 3.18. The number of aromatic nitrogens is 4. The second-order valence-corrected chi connectivity index (χ2v) is 5.38. The molecule has 0 radical (unpaired) electrons. The first-order chi connectivity index (χ1) is 12.7. The van der Waals surface area contributed by atoms with Crippen LogP contribution in [0.1, 0.15) is 0 Å². The van der Waals surface area contributed by atoms with E-state index >= 15 is 0 Å². The lowest BCUT2D eigenvalue weighted by Gasteiger charge is -2.09. The third-order valence-corrected chi connectivity index (χ3v) is 3.63. The maximum Gasteiger partial charge on any atom is 0.417 e. The maximum absolute atomic E-state index is 12.1. The van der Waals surface area contributed by atoms with Crippen molar-refractivity contribution in [2.45, 2.75) is 0 Å². The number of nitrogens with zero attached hydrogens (tertiary/aromatic N) is 4. The molecular weight excluding hydrogens is 334 g/mol. The van der Waals surface area contributed by atoms with Gasteiger partial charge in [0.25, 0.3) is 11.8 Å². The summed E-state index contributed by atoms with van der Waals surface area (Å²) in [6.07, 6.45) is 3.63. The van der Waals surface area contributed by atoms with E-state index in [-0.39, 0.29) is 11.7 Å². The van der Waals surface area contributed by atoms with Crippen molar-refractivity contribution in [1.29, 1.82) is 0 Å². The summed E-state index contributed by atoms with van der Waals surface area (Å²) in [7, 11) is 0. The van der Waals surface area contributed by atoms with Crippen LogP contribution in [0, 0.1) is 0 Å². The SMILES string of the molecule is O=C(Nc1ccc2ccccc2c1)Oc1cnc(-n2cccn2)nc1O. The van der Waals surface area contributed by atoms with Crippen LogP contribution in [0.5, 0.6) is 11.6 Å². The van der Waals surface area contributed by atoms with Crippen molar-refractivity contribution < 1.29 is 14.6 Å². The quantitative estimate of drug-likeness (QED) is 0.590. The van der Waals surface area contributed by atoms with Gasteiger partial charge in [0.2, 0.25) is 5.75 Å². The molecule has 8 nitrogen and oxygen atoms in total. The Hall–Kier alpha value is -3.94. The molecule has 4 rings (SSSR count). The maximum atomic E-state index is 12.1. The number of fused-ring (bicyclic) bond motifs is 1. The zero-order chi connectivity index (χ0) is 17.9. The third-order valence-electron chi connectivity index (χ3n) is 3.63. The van der Waals surface area contributed by atoms with Crippen LogP contribution in [-0.4, -0.2) is 30.9 Å². The molecule has 1 amide bonds. The van der Waals surface area contributed by atoms with Gasteiger partial charge in [0.15, 0.2) is 0 Å². The highest BCUT2D eigenvalue weighted by molar-refractivity contribution is 5.92. The van der Waals surface area contributed by atoms with Crippen LogP contribution in [0.3, 0.4) is 0 Å². The molecule has 2 aromatic carbocycles. The van der Waals surface area contributed by atoms with Gasteiger partial charge < -0.3 is 9.84 Å². The Balaban J connectivity index is 1.48. The van der Waals surface area contributed by atoms with Gasteiger partial charge >= 0.3 is 6.09 Å². The minimum Gasteiger partial charge on any atom is -0.491 e. The van der Waals surface area contributed by atoms with E-state index < -0.39 is 12.0 Å². The average molecular weight is 347 g/mol. The van der Waals surface area contributed by atoms with Gasteiger partial charge in [-0.15, -0.1) is 0 Å². The smallest absolute Gasteiger partial charge is 0.417 e. The van der Waals surface area contributed by atoms with E-state index in [9.17, 15) is 9.90 Å². The third kappa shape index (κ3) is 3.16. The summed E-state index contributed by atoms with van der Waals surface area (Å²) in [4.78, 5) is 19.9. The standard InChI is InChI=1S/C18H13N5O3/c24-16-15(11-19-17(22-16)23-9-3-8-20-23)26-18(25)21-14-7-6-12-4-1-2-5-13(12)10-14/h1-11H,(H,21,25)(H,19,22,24). The van der Waals surface area contributed by atoms with Gasteiger partial charge in [0.1, 0.15) is 0 Å². The predicted octanol–water partition coefficient (Wildman–Crippen LogP) is 3.13. The van der Waals surface area contributed by atoms with Crippen molar-refractivity contribution in [3.05, 3.63) is 67.1 Å². The number of aromatic hydroxyl groups is 1. The molecule has 2 heterocycles. The summed E-state index contributed by atoms with van der Waals surface area (Å²) in [5, 5.41) is 18.6. The molecule has 0 atom stereocenters. The Bertz CT molecular complexity index is 1080. The van der Waals surface area contributed by atoms with Crippen molar-refractivity contribution in [2.24, 2.45) is 0 Å². The van der Waals surface area contributed by atoms with Crippen molar-refractivity contribution >= 4 is 22.6 Å². The first kappa shape index (κ1) is 15.6. The number of hydrogen-bond acceptors (Lipinski definition) is 6.